The van der Waals surface area contributed by atoms with E-state index in [1.54, 1.807) is 6.33 Å². The molecule has 21 heavy (non-hydrogen) atoms. The molecular weight excluding hydrogens is 286 g/mol. The Bertz CT molecular complexity index is 788. The van der Waals surface area contributed by atoms with Crippen LogP contribution < -0.4 is 10.9 Å². The fourth-order valence-corrected chi connectivity index (χ4v) is 2.87. The van der Waals surface area contributed by atoms with Crippen LogP contribution >= 0.6 is 11.3 Å². The normalized spacial score (nSPS) is 11.3. The second kappa shape index (κ2) is 6.19. The summed E-state index contributed by atoms with van der Waals surface area (Å²) < 4.78 is 2.60. The molecule has 0 aliphatic carbocycles. The van der Waals surface area contributed by atoms with E-state index in [4.69, 9.17) is 0 Å². The van der Waals surface area contributed by atoms with Gasteiger partial charge < -0.3 is 14.9 Å². The number of rotatable bonds is 6. The highest BCUT2D eigenvalue weighted by atomic mass is 32.1. The van der Waals surface area contributed by atoms with Gasteiger partial charge in [-0.05, 0) is 24.4 Å². The molecule has 3 heterocycles. The highest BCUT2D eigenvalue weighted by molar-refractivity contribution is 7.17. The molecule has 0 aliphatic heterocycles. The van der Waals surface area contributed by atoms with Crippen LogP contribution in [0.2, 0.25) is 0 Å². The molecule has 3 rings (SSSR count). The molecule has 0 aliphatic rings. The van der Waals surface area contributed by atoms with Crippen molar-refractivity contribution in [3.63, 3.8) is 0 Å². The maximum absolute atomic E-state index is 11.9. The topological polar surface area (TPSA) is 75.6 Å². The number of imidazole rings is 1. The van der Waals surface area contributed by atoms with Gasteiger partial charge in [-0.2, -0.15) is 0 Å². The van der Waals surface area contributed by atoms with Crippen molar-refractivity contribution in [1.82, 2.24) is 24.8 Å². The standard InChI is InChI=1S/C14H17N5OS/c1-2-4-15-6-10-7-19(9-16-10)8-12-17-11-3-5-21-13(11)14(20)18-12/h3,5,7,9,15H,2,4,6,8H2,1H3,(H,17,18,20). The third-order valence-electron chi connectivity index (χ3n) is 3.12. The molecule has 2 N–H and O–H groups in total. The van der Waals surface area contributed by atoms with Gasteiger partial charge in [-0.1, -0.05) is 6.92 Å². The third-order valence-corrected chi connectivity index (χ3v) is 4.02. The highest BCUT2D eigenvalue weighted by Crippen LogP contribution is 2.13. The zero-order valence-corrected chi connectivity index (χ0v) is 12.6. The van der Waals surface area contributed by atoms with E-state index in [9.17, 15) is 4.79 Å². The third kappa shape index (κ3) is 3.20. The quantitative estimate of drug-likeness (QED) is 0.680. The van der Waals surface area contributed by atoms with Gasteiger partial charge in [-0.3, -0.25) is 4.79 Å². The number of nitrogens with one attached hydrogen (secondary N) is 2. The van der Waals surface area contributed by atoms with Crippen LogP contribution in [-0.4, -0.2) is 26.1 Å². The zero-order chi connectivity index (χ0) is 14.7. The first-order chi connectivity index (χ1) is 10.3. The summed E-state index contributed by atoms with van der Waals surface area (Å²) >= 11 is 1.41. The van der Waals surface area contributed by atoms with Crippen LogP contribution in [0.25, 0.3) is 10.2 Å². The average molecular weight is 303 g/mol. The number of nitrogens with zero attached hydrogens (tertiary/aromatic N) is 3. The lowest BCUT2D eigenvalue weighted by Gasteiger charge is -2.02. The van der Waals surface area contributed by atoms with Crippen LogP contribution in [0.1, 0.15) is 24.9 Å². The van der Waals surface area contributed by atoms with Crippen LogP contribution in [0.5, 0.6) is 0 Å². The number of aromatic amines is 1. The van der Waals surface area contributed by atoms with E-state index in [0.717, 1.165) is 30.7 Å². The number of aromatic nitrogens is 4. The molecule has 3 aromatic heterocycles. The first-order valence-electron chi connectivity index (χ1n) is 6.94. The lowest BCUT2D eigenvalue weighted by atomic mass is 10.4. The van der Waals surface area contributed by atoms with Gasteiger partial charge >= 0.3 is 0 Å². The Morgan fingerprint density at radius 1 is 1.48 bits per heavy atom. The lowest BCUT2D eigenvalue weighted by molar-refractivity contribution is 0.665. The molecule has 0 bridgehead atoms. The molecule has 0 saturated carbocycles. The number of thiophene rings is 1. The molecule has 0 amide bonds. The zero-order valence-electron chi connectivity index (χ0n) is 11.8. The monoisotopic (exact) mass is 303 g/mol. The Kier molecular flexibility index (Phi) is 4.12. The molecule has 7 heteroatoms. The largest absolute Gasteiger partial charge is 0.330 e. The van der Waals surface area contributed by atoms with Gasteiger partial charge in [0.1, 0.15) is 10.5 Å². The van der Waals surface area contributed by atoms with Gasteiger partial charge in [0, 0.05) is 12.7 Å². The van der Waals surface area contributed by atoms with Gasteiger partial charge in [0.25, 0.3) is 5.56 Å². The molecule has 6 nitrogen and oxygen atoms in total. The molecule has 0 atom stereocenters. The summed E-state index contributed by atoms with van der Waals surface area (Å²) in [6.07, 6.45) is 4.84. The Morgan fingerprint density at radius 3 is 3.24 bits per heavy atom. The Hall–Kier alpha value is -1.99. The van der Waals surface area contributed by atoms with E-state index >= 15 is 0 Å². The van der Waals surface area contributed by atoms with Crippen molar-refractivity contribution in [3.05, 3.63) is 45.8 Å². The van der Waals surface area contributed by atoms with Gasteiger partial charge in [0.15, 0.2) is 0 Å². The lowest BCUT2D eigenvalue weighted by Crippen LogP contribution is -2.14. The number of hydrogen-bond acceptors (Lipinski definition) is 5. The predicted octanol–water partition coefficient (Wildman–Crippen LogP) is 1.73. The van der Waals surface area contributed by atoms with Crippen LogP contribution in [0, 0.1) is 0 Å². The number of hydrogen-bond donors (Lipinski definition) is 2. The van der Waals surface area contributed by atoms with E-state index in [0.29, 0.717) is 17.1 Å². The summed E-state index contributed by atoms with van der Waals surface area (Å²) in [5, 5.41) is 5.19. The van der Waals surface area contributed by atoms with Gasteiger partial charge in [-0.15, -0.1) is 11.3 Å². The van der Waals surface area contributed by atoms with Crippen LogP contribution in [0.15, 0.2) is 28.8 Å². The van der Waals surface area contributed by atoms with E-state index in [-0.39, 0.29) is 5.56 Å². The SMILES string of the molecule is CCCNCc1cn(Cc2nc3ccsc3c(=O)[nH]2)cn1. The van der Waals surface area contributed by atoms with Crippen molar-refractivity contribution in [1.29, 1.82) is 0 Å². The summed E-state index contributed by atoms with van der Waals surface area (Å²) in [6, 6.07) is 1.87. The summed E-state index contributed by atoms with van der Waals surface area (Å²) in [5.74, 6) is 0.649. The van der Waals surface area contributed by atoms with Crippen molar-refractivity contribution in [2.75, 3.05) is 6.54 Å². The molecule has 110 valence electrons. The maximum Gasteiger partial charge on any atom is 0.268 e. The molecule has 0 unspecified atom stereocenters. The van der Waals surface area contributed by atoms with E-state index in [1.807, 2.05) is 22.2 Å². The first kappa shape index (κ1) is 14.0. The smallest absolute Gasteiger partial charge is 0.268 e. The van der Waals surface area contributed by atoms with Crippen LogP contribution in [-0.2, 0) is 13.1 Å². The van der Waals surface area contributed by atoms with E-state index in [1.165, 1.54) is 11.3 Å². The maximum atomic E-state index is 11.9. The molecule has 0 saturated heterocycles. The summed E-state index contributed by atoms with van der Waals surface area (Å²) in [7, 11) is 0. The minimum Gasteiger partial charge on any atom is -0.330 e. The van der Waals surface area contributed by atoms with E-state index in [2.05, 4.69) is 27.2 Å². The van der Waals surface area contributed by atoms with Gasteiger partial charge in [-0.25, -0.2) is 9.97 Å². The summed E-state index contributed by atoms with van der Waals surface area (Å²) in [6.45, 7) is 4.39. The number of fused-ring (bicyclic) bond motifs is 1. The van der Waals surface area contributed by atoms with Crippen LogP contribution in [0.4, 0.5) is 0 Å². The van der Waals surface area contributed by atoms with Gasteiger partial charge in [0.05, 0.1) is 24.1 Å². The van der Waals surface area contributed by atoms with Crippen molar-refractivity contribution >= 4 is 21.6 Å². The minimum atomic E-state index is -0.0741. The molecule has 0 fully saturated rings. The van der Waals surface area contributed by atoms with Crippen molar-refractivity contribution in [2.45, 2.75) is 26.4 Å². The highest BCUT2D eigenvalue weighted by Gasteiger charge is 2.06. The predicted molar refractivity (Wildman–Crippen MR) is 83.6 cm³/mol. The fourth-order valence-electron chi connectivity index (χ4n) is 2.15. The molecule has 0 aromatic carbocycles. The Morgan fingerprint density at radius 2 is 2.38 bits per heavy atom. The Balaban J connectivity index is 1.74. The second-order valence-electron chi connectivity index (χ2n) is 4.86. The molecule has 3 aromatic rings. The fraction of sp³-hybridized carbons (Fsp3) is 0.357. The molecule has 0 radical (unpaired) electrons. The Labute approximate surface area is 125 Å². The van der Waals surface area contributed by atoms with E-state index < -0.39 is 0 Å². The average Bonchev–Trinajstić information content (AvgIpc) is 3.09. The summed E-state index contributed by atoms with van der Waals surface area (Å²) in [5.41, 5.74) is 1.67. The minimum absolute atomic E-state index is 0.0741. The second-order valence-corrected chi connectivity index (χ2v) is 5.78. The van der Waals surface area contributed by atoms with Gasteiger partial charge in [0.2, 0.25) is 0 Å². The number of H-pyrrole nitrogens is 1. The molecular formula is C14H17N5OS. The summed E-state index contributed by atoms with van der Waals surface area (Å²) in [4.78, 5) is 23.5. The van der Waals surface area contributed by atoms with Crippen molar-refractivity contribution in [2.24, 2.45) is 0 Å². The molecule has 0 spiro atoms. The van der Waals surface area contributed by atoms with Crippen molar-refractivity contribution < 1.29 is 0 Å². The van der Waals surface area contributed by atoms with Crippen LogP contribution in [0.3, 0.4) is 0 Å². The first-order valence-corrected chi connectivity index (χ1v) is 7.82. The van der Waals surface area contributed by atoms with Crippen molar-refractivity contribution in [3.8, 4) is 0 Å².